The average Bonchev–Trinajstić information content (AvgIpc) is 2.73. The number of aromatic nitrogens is 1. The Bertz CT molecular complexity index is 633. The molecule has 1 aromatic carbocycles. The van der Waals surface area contributed by atoms with Gasteiger partial charge in [-0.15, -0.1) is 0 Å². The first-order chi connectivity index (χ1) is 8.54. The predicted molar refractivity (Wildman–Crippen MR) is 64.7 cm³/mol. The van der Waals surface area contributed by atoms with Crippen LogP contribution < -0.4 is 5.73 Å². The molecule has 2 rings (SSSR count). The van der Waals surface area contributed by atoms with Crippen molar-refractivity contribution in [3.05, 3.63) is 36.3 Å². The number of H-pyrrole nitrogens is 1. The summed E-state index contributed by atoms with van der Waals surface area (Å²) in [6.07, 6.45) is 1.63. The summed E-state index contributed by atoms with van der Waals surface area (Å²) in [6.45, 7) is 0. The highest BCUT2D eigenvalue weighted by atomic mass is 19.1. The molecule has 1 atom stereocenters. The molecule has 0 aliphatic carbocycles. The lowest BCUT2D eigenvalue weighted by atomic mass is 10.00. The van der Waals surface area contributed by atoms with Crippen molar-refractivity contribution in [1.82, 2.24) is 4.98 Å². The van der Waals surface area contributed by atoms with Crippen LogP contribution in [0.3, 0.4) is 0 Å². The van der Waals surface area contributed by atoms with Gasteiger partial charge < -0.3 is 20.9 Å². The maximum atomic E-state index is 12.9. The van der Waals surface area contributed by atoms with Gasteiger partial charge in [-0.25, -0.2) is 4.39 Å². The highest BCUT2D eigenvalue weighted by Gasteiger charge is 2.21. The minimum Gasteiger partial charge on any atom is -0.508 e. The van der Waals surface area contributed by atoms with E-state index in [4.69, 9.17) is 10.8 Å². The summed E-state index contributed by atoms with van der Waals surface area (Å²) in [4.78, 5) is 13.7. The Hall–Kier alpha value is -2.34. The second kappa shape index (κ2) is 4.50. The molecule has 0 radical (unpaired) electrons. The summed E-state index contributed by atoms with van der Waals surface area (Å²) < 4.78 is 12.9. The van der Waals surface area contributed by atoms with Gasteiger partial charge in [0, 0.05) is 28.2 Å². The fourth-order valence-electron chi connectivity index (χ4n) is 1.77. The number of carboxylic acids is 1. The number of benzene rings is 1. The molecule has 0 aliphatic rings. The molecule has 1 heterocycles. The van der Waals surface area contributed by atoms with Crippen LogP contribution in [0.1, 0.15) is 5.56 Å². The SMILES string of the molecule is NC(C(=O)O)/C(=C/F)c1c[nH]c2ccc(O)cc12. The fourth-order valence-corrected chi connectivity index (χ4v) is 1.77. The van der Waals surface area contributed by atoms with Crippen LogP contribution in [0.5, 0.6) is 5.75 Å². The lowest BCUT2D eigenvalue weighted by Gasteiger charge is -2.09. The third-order valence-electron chi connectivity index (χ3n) is 2.69. The third-order valence-corrected chi connectivity index (χ3v) is 2.69. The number of halogens is 1. The molecule has 1 aromatic heterocycles. The molecule has 0 aliphatic heterocycles. The highest BCUT2D eigenvalue weighted by molar-refractivity contribution is 5.99. The van der Waals surface area contributed by atoms with E-state index in [9.17, 15) is 14.3 Å². The smallest absolute Gasteiger partial charge is 0.325 e. The van der Waals surface area contributed by atoms with Crippen molar-refractivity contribution in [3.63, 3.8) is 0 Å². The minimum atomic E-state index is -1.46. The lowest BCUT2D eigenvalue weighted by molar-refractivity contribution is -0.137. The molecule has 5 nitrogen and oxygen atoms in total. The number of rotatable bonds is 3. The molecule has 94 valence electrons. The number of hydrogen-bond acceptors (Lipinski definition) is 3. The van der Waals surface area contributed by atoms with E-state index in [-0.39, 0.29) is 17.7 Å². The van der Waals surface area contributed by atoms with Crippen LogP contribution in [0.15, 0.2) is 30.7 Å². The molecular formula is C12H11FN2O3. The van der Waals surface area contributed by atoms with Crippen molar-refractivity contribution in [2.45, 2.75) is 6.04 Å². The second-order valence-corrected chi connectivity index (χ2v) is 3.81. The van der Waals surface area contributed by atoms with E-state index in [0.717, 1.165) is 0 Å². The van der Waals surface area contributed by atoms with Crippen LogP contribution in [0.4, 0.5) is 4.39 Å². The average molecular weight is 250 g/mol. The van der Waals surface area contributed by atoms with E-state index in [2.05, 4.69) is 4.98 Å². The monoisotopic (exact) mass is 250 g/mol. The van der Waals surface area contributed by atoms with Crippen molar-refractivity contribution in [2.24, 2.45) is 5.73 Å². The standard InChI is InChI=1S/C12H11FN2O3/c13-4-8(11(14)12(17)18)9-5-15-10-2-1-6(16)3-7(9)10/h1-5,11,15-16H,14H2,(H,17,18)/b8-4+. The third kappa shape index (κ3) is 1.93. The van der Waals surface area contributed by atoms with Gasteiger partial charge >= 0.3 is 5.97 Å². The maximum Gasteiger partial charge on any atom is 0.325 e. The first-order valence-electron chi connectivity index (χ1n) is 5.13. The summed E-state index contributed by atoms with van der Waals surface area (Å²) in [5.41, 5.74) is 6.22. The quantitative estimate of drug-likeness (QED) is 0.664. The number of phenols is 1. The van der Waals surface area contributed by atoms with E-state index in [0.29, 0.717) is 16.5 Å². The van der Waals surface area contributed by atoms with E-state index in [1.165, 1.54) is 18.3 Å². The minimum absolute atomic E-state index is 0.00505. The number of phenolic OH excluding ortho intramolecular Hbond substituents is 1. The molecule has 6 heteroatoms. The Balaban J connectivity index is 2.59. The molecule has 2 aromatic rings. The molecule has 18 heavy (non-hydrogen) atoms. The first kappa shape index (κ1) is 12.1. The highest BCUT2D eigenvalue weighted by Crippen LogP contribution is 2.29. The van der Waals surface area contributed by atoms with Gasteiger partial charge in [0.05, 0.1) is 6.33 Å². The second-order valence-electron chi connectivity index (χ2n) is 3.81. The van der Waals surface area contributed by atoms with Crippen LogP contribution in [-0.4, -0.2) is 27.2 Å². The number of aromatic hydroxyl groups is 1. The van der Waals surface area contributed by atoms with Gasteiger partial charge in [0.25, 0.3) is 0 Å². The topological polar surface area (TPSA) is 99.3 Å². The van der Waals surface area contributed by atoms with Crippen LogP contribution in [-0.2, 0) is 4.79 Å². The Kier molecular flexibility index (Phi) is 3.03. The lowest BCUT2D eigenvalue weighted by Crippen LogP contribution is -2.31. The van der Waals surface area contributed by atoms with Crippen LogP contribution in [0, 0.1) is 0 Å². The number of carbonyl (C=O) groups is 1. The van der Waals surface area contributed by atoms with Crippen molar-refractivity contribution in [2.75, 3.05) is 0 Å². The number of aliphatic carboxylic acids is 1. The maximum absolute atomic E-state index is 12.9. The Labute approximate surface area is 101 Å². The summed E-state index contributed by atoms with van der Waals surface area (Å²) in [5.74, 6) is -1.32. The molecule has 0 saturated heterocycles. The fraction of sp³-hybridized carbons (Fsp3) is 0.0833. The number of aromatic amines is 1. The first-order valence-corrected chi connectivity index (χ1v) is 5.13. The molecule has 5 N–H and O–H groups in total. The normalized spacial score (nSPS) is 13.8. The van der Waals surface area contributed by atoms with Gasteiger partial charge in [-0.05, 0) is 18.2 Å². The van der Waals surface area contributed by atoms with Gasteiger partial charge in [-0.2, -0.15) is 0 Å². The zero-order valence-corrected chi connectivity index (χ0v) is 9.22. The Morgan fingerprint density at radius 3 is 2.83 bits per heavy atom. The largest absolute Gasteiger partial charge is 0.508 e. The van der Waals surface area contributed by atoms with Gasteiger partial charge in [0.1, 0.15) is 11.8 Å². The van der Waals surface area contributed by atoms with E-state index in [1.807, 2.05) is 0 Å². The molecule has 0 amide bonds. The Morgan fingerprint density at radius 2 is 2.22 bits per heavy atom. The summed E-state index contributed by atoms with van der Waals surface area (Å²) in [7, 11) is 0. The molecule has 0 saturated carbocycles. The zero-order chi connectivity index (χ0) is 13.3. The van der Waals surface area contributed by atoms with Crippen molar-refractivity contribution in [3.8, 4) is 5.75 Å². The van der Waals surface area contributed by atoms with Crippen molar-refractivity contribution >= 4 is 22.4 Å². The van der Waals surface area contributed by atoms with Crippen LogP contribution in [0.25, 0.3) is 16.5 Å². The van der Waals surface area contributed by atoms with E-state index in [1.54, 1.807) is 6.07 Å². The molecule has 0 bridgehead atoms. The van der Waals surface area contributed by atoms with Crippen molar-refractivity contribution in [1.29, 1.82) is 0 Å². The number of nitrogens with two attached hydrogens (primary N) is 1. The molecular weight excluding hydrogens is 239 g/mol. The number of nitrogens with one attached hydrogen (secondary N) is 1. The van der Waals surface area contributed by atoms with Gasteiger partial charge in [0.2, 0.25) is 0 Å². The molecule has 0 spiro atoms. The van der Waals surface area contributed by atoms with Crippen LogP contribution in [0.2, 0.25) is 0 Å². The van der Waals surface area contributed by atoms with Gasteiger partial charge in [0.15, 0.2) is 0 Å². The molecule has 1 unspecified atom stereocenters. The zero-order valence-electron chi connectivity index (χ0n) is 9.22. The predicted octanol–water partition coefficient (Wildman–Crippen LogP) is 1.60. The van der Waals surface area contributed by atoms with Crippen molar-refractivity contribution < 1.29 is 19.4 Å². The summed E-state index contributed by atoms with van der Waals surface area (Å²) in [5, 5.41) is 18.7. The van der Waals surface area contributed by atoms with E-state index >= 15 is 0 Å². The summed E-state index contributed by atoms with van der Waals surface area (Å²) >= 11 is 0. The van der Waals surface area contributed by atoms with Crippen LogP contribution >= 0.6 is 0 Å². The Morgan fingerprint density at radius 1 is 1.50 bits per heavy atom. The number of hydrogen-bond donors (Lipinski definition) is 4. The van der Waals surface area contributed by atoms with Gasteiger partial charge in [-0.1, -0.05) is 0 Å². The molecule has 0 fully saturated rings. The number of carboxylic acid groups (broad SMARTS) is 1. The summed E-state index contributed by atoms with van der Waals surface area (Å²) in [6, 6.07) is 3.03. The number of fused-ring (bicyclic) bond motifs is 1. The van der Waals surface area contributed by atoms with E-state index < -0.39 is 12.0 Å². The van der Waals surface area contributed by atoms with Gasteiger partial charge in [-0.3, -0.25) is 4.79 Å².